The summed E-state index contributed by atoms with van der Waals surface area (Å²) in [7, 11) is 0. The second-order valence-electron chi connectivity index (χ2n) is 9.32. The molecule has 1 aliphatic carbocycles. The van der Waals surface area contributed by atoms with Gasteiger partial charge in [0, 0.05) is 23.2 Å². The number of thiazole rings is 1. The molecule has 0 saturated heterocycles. The molecule has 0 radical (unpaired) electrons. The molecule has 0 spiro atoms. The maximum Gasteiger partial charge on any atom is 0.357 e. The Hall–Kier alpha value is -3.86. The summed E-state index contributed by atoms with van der Waals surface area (Å²) in [5, 5.41) is 15.1. The molecule has 2 aromatic heterocycles. The number of amidine groups is 1. The molecule has 0 amide bonds. The molecule has 1 aromatic carbocycles. The van der Waals surface area contributed by atoms with Crippen molar-refractivity contribution in [1.29, 1.82) is 0 Å². The van der Waals surface area contributed by atoms with Gasteiger partial charge in [0.1, 0.15) is 18.1 Å². The number of hydrogen-bond acceptors (Lipinski definition) is 9. The number of carboxylic acids is 1. The summed E-state index contributed by atoms with van der Waals surface area (Å²) in [4.78, 5) is 38.0. The predicted molar refractivity (Wildman–Crippen MR) is 137 cm³/mol. The van der Waals surface area contributed by atoms with Crippen LogP contribution in [-0.4, -0.2) is 39.5 Å². The fraction of sp³-hybridized carbons (Fsp3) is 0.370. The molecular formula is C27H27FN4O5S. The summed E-state index contributed by atoms with van der Waals surface area (Å²) in [5.74, 6) is -1.01. The number of nitrogens with zero attached hydrogens (tertiary/aromatic N) is 3. The SMILES string of the molecule is CCOC(=O)C1=C(C2CCC(c3nc(C(=O)O)co3)CC2)NC(c2nccs2)=NC1c1ccc(F)cc1C. The van der Waals surface area contributed by atoms with Gasteiger partial charge in [0.25, 0.3) is 0 Å². The van der Waals surface area contributed by atoms with E-state index in [1.807, 2.05) is 5.38 Å². The zero-order chi connectivity index (χ0) is 26.8. The van der Waals surface area contributed by atoms with Crippen LogP contribution in [0.2, 0.25) is 0 Å². The molecule has 1 aliphatic heterocycles. The van der Waals surface area contributed by atoms with Gasteiger partial charge in [0.15, 0.2) is 22.4 Å². The Kier molecular flexibility index (Phi) is 7.37. The van der Waals surface area contributed by atoms with E-state index >= 15 is 0 Å². The molecular weight excluding hydrogens is 511 g/mol. The first-order valence-corrected chi connectivity index (χ1v) is 13.3. The summed E-state index contributed by atoms with van der Waals surface area (Å²) in [6, 6.07) is 3.79. The Labute approximate surface area is 222 Å². The molecule has 198 valence electrons. The van der Waals surface area contributed by atoms with E-state index in [0.29, 0.717) is 53.6 Å². The molecule has 1 atom stereocenters. The van der Waals surface area contributed by atoms with Gasteiger partial charge in [0.05, 0.1) is 12.2 Å². The third-order valence-electron chi connectivity index (χ3n) is 6.96. The number of aromatic nitrogens is 2. The minimum absolute atomic E-state index is 0.0168. The number of oxazole rings is 1. The summed E-state index contributed by atoms with van der Waals surface area (Å²) in [6.45, 7) is 3.76. The van der Waals surface area contributed by atoms with Gasteiger partial charge >= 0.3 is 11.9 Å². The lowest BCUT2D eigenvalue weighted by molar-refractivity contribution is -0.139. The third kappa shape index (κ3) is 5.10. The van der Waals surface area contributed by atoms with E-state index in [-0.39, 0.29) is 30.0 Å². The molecule has 1 saturated carbocycles. The number of carbonyl (C=O) groups is 2. The Balaban J connectivity index is 1.52. The number of halogens is 1. The summed E-state index contributed by atoms with van der Waals surface area (Å²) >= 11 is 1.43. The molecule has 9 nitrogen and oxygen atoms in total. The zero-order valence-electron chi connectivity index (χ0n) is 20.9. The van der Waals surface area contributed by atoms with Crippen LogP contribution in [0.15, 0.2) is 56.7 Å². The van der Waals surface area contributed by atoms with E-state index in [1.54, 1.807) is 26.1 Å². The molecule has 1 fully saturated rings. The standard InChI is InChI=1S/C27H27FN4O5S/c1-3-36-27(35)20-21(15-4-6-16(7-5-15)24-30-19(13-37-24)26(33)34)31-23(25-29-10-11-38-25)32-22(20)18-9-8-17(28)12-14(18)2/h8-13,15-16,22H,3-7H2,1-2H3,(H,31,32)(H,33,34). The van der Waals surface area contributed by atoms with Gasteiger partial charge in [-0.15, -0.1) is 11.3 Å². The average molecular weight is 539 g/mol. The Morgan fingerprint density at radius 1 is 1.24 bits per heavy atom. The number of hydrogen-bond donors (Lipinski definition) is 2. The third-order valence-corrected chi connectivity index (χ3v) is 7.74. The summed E-state index contributed by atoms with van der Waals surface area (Å²) in [5.41, 5.74) is 2.44. The zero-order valence-corrected chi connectivity index (χ0v) is 21.8. The number of nitrogens with one attached hydrogen (secondary N) is 1. The number of aryl methyl sites for hydroxylation is 1. The van der Waals surface area contributed by atoms with Gasteiger partial charge in [-0.3, -0.25) is 4.99 Å². The largest absolute Gasteiger partial charge is 0.476 e. The van der Waals surface area contributed by atoms with Gasteiger partial charge in [-0.1, -0.05) is 6.07 Å². The number of rotatable bonds is 7. The van der Waals surface area contributed by atoms with Gasteiger partial charge in [-0.25, -0.2) is 23.9 Å². The molecule has 11 heteroatoms. The highest BCUT2D eigenvalue weighted by atomic mass is 32.1. The minimum atomic E-state index is -1.12. The lowest BCUT2D eigenvalue weighted by atomic mass is 9.77. The molecule has 3 heterocycles. The molecule has 0 bridgehead atoms. The lowest BCUT2D eigenvalue weighted by Crippen LogP contribution is -2.38. The van der Waals surface area contributed by atoms with Crippen molar-refractivity contribution in [3.8, 4) is 0 Å². The number of benzene rings is 1. The van der Waals surface area contributed by atoms with Crippen LogP contribution < -0.4 is 5.32 Å². The fourth-order valence-electron chi connectivity index (χ4n) is 5.14. The van der Waals surface area contributed by atoms with Crippen molar-refractivity contribution in [3.05, 3.63) is 80.8 Å². The smallest absolute Gasteiger partial charge is 0.357 e. The number of carboxylic acid groups (broad SMARTS) is 1. The molecule has 38 heavy (non-hydrogen) atoms. The van der Waals surface area contributed by atoms with E-state index in [0.717, 1.165) is 11.3 Å². The first kappa shape index (κ1) is 25.8. The maximum absolute atomic E-state index is 14.0. The number of carbonyl (C=O) groups excluding carboxylic acids is 1. The summed E-state index contributed by atoms with van der Waals surface area (Å²) < 4.78 is 24.9. The van der Waals surface area contributed by atoms with Gasteiger partial charge in [-0.05, 0) is 68.7 Å². The topological polar surface area (TPSA) is 127 Å². The highest BCUT2D eigenvalue weighted by Gasteiger charge is 2.38. The number of aromatic carboxylic acids is 1. The van der Waals surface area contributed by atoms with Crippen LogP contribution in [0.5, 0.6) is 0 Å². The van der Waals surface area contributed by atoms with E-state index in [1.165, 1.54) is 29.7 Å². The molecule has 2 N–H and O–H groups in total. The van der Waals surface area contributed by atoms with Crippen LogP contribution in [0, 0.1) is 18.7 Å². The van der Waals surface area contributed by atoms with Crippen molar-refractivity contribution in [2.45, 2.75) is 51.5 Å². The number of aliphatic imine (C=N–C) groups is 1. The second kappa shape index (κ2) is 10.9. The van der Waals surface area contributed by atoms with Crippen LogP contribution in [0.25, 0.3) is 0 Å². The van der Waals surface area contributed by atoms with Crippen molar-refractivity contribution >= 4 is 29.1 Å². The molecule has 2 aliphatic rings. The minimum Gasteiger partial charge on any atom is -0.476 e. The van der Waals surface area contributed by atoms with Crippen LogP contribution in [0.4, 0.5) is 4.39 Å². The van der Waals surface area contributed by atoms with E-state index in [2.05, 4.69) is 15.3 Å². The van der Waals surface area contributed by atoms with Crippen LogP contribution >= 0.6 is 11.3 Å². The molecule has 5 rings (SSSR count). The number of allylic oxidation sites excluding steroid dienone is 1. The quantitative estimate of drug-likeness (QED) is 0.395. The van der Waals surface area contributed by atoms with Crippen molar-refractivity contribution in [1.82, 2.24) is 15.3 Å². The molecule has 1 unspecified atom stereocenters. The highest BCUT2D eigenvalue weighted by Crippen LogP contribution is 2.43. The normalized spacial score (nSPS) is 21.6. The van der Waals surface area contributed by atoms with Crippen molar-refractivity contribution in [3.63, 3.8) is 0 Å². The highest BCUT2D eigenvalue weighted by molar-refractivity contribution is 7.11. The van der Waals surface area contributed by atoms with E-state index < -0.39 is 18.0 Å². The number of ether oxygens (including phenoxy) is 1. The van der Waals surface area contributed by atoms with Crippen LogP contribution in [0.3, 0.4) is 0 Å². The van der Waals surface area contributed by atoms with Crippen LogP contribution in [0.1, 0.15) is 77.1 Å². The van der Waals surface area contributed by atoms with E-state index in [4.69, 9.17) is 14.1 Å². The monoisotopic (exact) mass is 538 g/mol. The van der Waals surface area contributed by atoms with Crippen LogP contribution in [-0.2, 0) is 9.53 Å². The second-order valence-corrected chi connectivity index (χ2v) is 10.2. The first-order chi connectivity index (χ1) is 18.4. The fourth-order valence-corrected chi connectivity index (χ4v) is 5.73. The van der Waals surface area contributed by atoms with Gasteiger partial charge in [-0.2, -0.15) is 0 Å². The molecule has 3 aromatic rings. The van der Waals surface area contributed by atoms with Crippen molar-refractivity contribution < 1.29 is 28.2 Å². The summed E-state index contributed by atoms with van der Waals surface area (Å²) in [6.07, 6.45) is 5.69. The Morgan fingerprint density at radius 3 is 2.63 bits per heavy atom. The lowest BCUT2D eigenvalue weighted by Gasteiger charge is -2.34. The van der Waals surface area contributed by atoms with Gasteiger partial charge < -0.3 is 19.6 Å². The first-order valence-electron chi connectivity index (χ1n) is 12.5. The van der Waals surface area contributed by atoms with Gasteiger partial charge in [0.2, 0.25) is 0 Å². The van der Waals surface area contributed by atoms with Crippen molar-refractivity contribution in [2.24, 2.45) is 10.9 Å². The Morgan fingerprint density at radius 2 is 2.00 bits per heavy atom. The number of esters is 1. The van der Waals surface area contributed by atoms with Crippen molar-refractivity contribution in [2.75, 3.05) is 6.61 Å². The van der Waals surface area contributed by atoms with E-state index in [9.17, 15) is 19.1 Å². The Bertz CT molecular complexity index is 1410. The maximum atomic E-state index is 14.0. The average Bonchev–Trinajstić information content (AvgIpc) is 3.61. The predicted octanol–water partition coefficient (Wildman–Crippen LogP) is 5.16.